The van der Waals surface area contributed by atoms with Crippen LogP contribution in [0.1, 0.15) is 24.5 Å². The van der Waals surface area contributed by atoms with Crippen LogP contribution in [0.25, 0.3) is 6.08 Å². The number of benzene rings is 1. The lowest BCUT2D eigenvalue weighted by atomic mass is 10.1. The van der Waals surface area contributed by atoms with E-state index < -0.39 is 0 Å². The fraction of sp³-hybridized carbons (Fsp3) is 0.250. The highest BCUT2D eigenvalue weighted by Gasteiger charge is 2.12. The maximum Gasteiger partial charge on any atom is 0.251 e. The van der Waals surface area contributed by atoms with Crippen molar-refractivity contribution in [3.8, 4) is 0 Å². The molecule has 0 spiro atoms. The molecule has 4 heteroatoms. The summed E-state index contributed by atoms with van der Waals surface area (Å²) in [6.07, 6.45) is 6.93. The lowest BCUT2D eigenvalue weighted by Gasteiger charge is -1.99. The van der Waals surface area contributed by atoms with Gasteiger partial charge < -0.3 is 4.57 Å². The molecular weight excluding hydrogens is 252 g/mol. The summed E-state index contributed by atoms with van der Waals surface area (Å²) in [7, 11) is 0. The molecule has 104 valence electrons. The van der Waals surface area contributed by atoms with Crippen LogP contribution in [0.15, 0.2) is 54.5 Å². The first-order valence-corrected chi connectivity index (χ1v) is 6.73. The molecule has 1 aromatic heterocycles. The normalized spacial score (nSPS) is 11.6. The molecule has 0 aliphatic rings. The summed E-state index contributed by atoms with van der Waals surface area (Å²) in [6.45, 7) is 3.04. The molecule has 0 aliphatic carbocycles. The van der Waals surface area contributed by atoms with E-state index in [0.717, 1.165) is 24.1 Å². The third-order valence-electron chi connectivity index (χ3n) is 3.05. The van der Waals surface area contributed by atoms with Gasteiger partial charge in [0.2, 0.25) is 0 Å². The number of nitrogens with zero attached hydrogens (tertiary/aromatic N) is 2. The number of aromatic nitrogens is 1. The number of allylic oxidation sites excluding steroid dienone is 1. The van der Waals surface area contributed by atoms with Crippen molar-refractivity contribution in [2.24, 2.45) is 0 Å². The second kappa shape index (κ2) is 6.70. The van der Waals surface area contributed by atoms with E-state index in [2.05, 4.69) is 6.92 Å². The third kappa shape index (κ3) is 3.82. The predicted octanol–water partition coefficient (Wildman–Crippen LogP) is 3.76. The van der Waals surface area contributed by atoms with Crippen LogP contribution in [0.5, 0.6) is 0 Å². The zero-order chi connectivity index (χ0) is 14.4. The standard InChI is InChI=1S/C16H18N2O2/c1-2-9-17-10-8-15(13-17)12-16(18(19)20)11-14-6-4-3-5-7-14/h3-8,10,12-13H,2,9,11H2,1H3. The third-order valence-corrected chi connectivity index (χ3v) is 3.05. The first-order chi connectivity index (χ1) is 9.69. The number of rotatable bonds is 6. The highest BCUT2D eigenvalue weighted by atomic mass is 16.6. The molecule has 0 saturated heterocycles. The topological polar surface area (TPSA) is 48.1 Å². The second-order valence-corrected chi connectivity index (χ2v) is 4.74. The summed E-state index contributed by atoms with van der Waals surface area (Å²) in [5.41, 5.74) is 2.04. The van der Waals surface area contributed by atoms with Gasteiger partial charge in [0.05, 0.1) is 11.3 Å². The lowest BCUT2D eigenvalue weighted by Crippen LogP contribution is -2.02. The Morgan fingerprint density at radius 1 is 1.30 bits per heavy atom. The summed E-state index contributed by atoms with van der Waals surface area (Å²) in [5, 5.41) is 11.2. The Labute approximate surface area is 118 Å². The largest absolute Gasteiger partial charge is 0.354 e. The first kappa shape index (κ1) is 14.1. The zero-order valence-corrected chi connectivity index (χ0v) is 11.5. The highest BCUT2D eigenvalue weighted by Crippen LogP contribution is 2.14. The minimum absolute atomic E-state index is 0.213. The summed E-state index contributed by atoms with van der Waals surface area (Å²) in [4.78, 5) is 10.9. The smallest absolute Gasteiger partial charge is 0.251 e. The van der Waals surface area contributed by atoms with Crippen LogP contribution < -0.4 is 0 Å². The molecule has 0 atom stereocenters. The van der Waals surface area contributed by atoms with Gasteiger partial charge in [-0.15, -0.1) is 0 Å². The van der Waals surface area contributed by atoms with E-state index in [-0.39, 0.29) is 10.6 Å². The quantitative estimate of drug-likeness (QED) is 0.592. The average Bonchev–Trinajstić information content (AvgIpc) is 2.87. The maximum atomic E-state index is 11.2. The van der Waals surface area contributed by atoms with Gasteiger partial charge in [0.15, 0.2) is 0 Å². The minimum Gasteiger partial charge on any atom is -0.354 e. The van der Waals surface area contributed by atoms with E-state index in [1.807, 2.05) is 53.4 Å². The van der Waals surface area contributed by atoms with Gasteiger partial charge in [-0.1, -0.05) is 37.3 Å². The van der Waals surface area contributed by atoms with Crippen molar-refractivity contribution in [1.82, 2.24) is 4.57 Å². The second-order valence-electron chi connectivity index (χ2n) is 4.74. The molecule has 20 heavy (non-hydrogen) atoms. The molecule has 0 fully saturated rings. The molecule has 4 nitrogen and oxygen atoms in total. The van der Waals surface area contributed by atoms with E-state index in [4.69, 9.17) is 0 Å². The van der Waals surface area contributed by atoms with Crippen LogP contribution in [0.3, 0.4) is 0 Å². The van der Waals surface area contributed by atoms with Crippen LogP contribution in [-0.4, -0.2) is 9.49 Å². The van der Waals surface area contributed by atoms with Gasteiger partial charge in [-0.25, -0.2) is 0 Å². The van der Waals surface area contributed by atoms with Crippen LogP contribution in [-0.2, 0) is 13.0 Å². The van der Waals surface area contributed by atoms with Gasteiger partial charge in [0.1, 0.15) is 0 Å². The van der Waals surface area contributed by atoms with Gasteiger partial charge in [-0.2, -0.15) is 0 Å². The minimum atomic E-state index is -0.301. The summed E-state index contributed by atoms with van der Waals surface area (Å²) < 4.78 is 2.05. The van der Waals surface area contributed by atoms with Gasteiger partial charge in [-0.3, -0.25) is 10.1 Å². The summed E-state index contributed by atoms with van der Waals surface area (Å²) in [6, 6.07) is 11.4. The number of hydrogen-bond donors (Lipinski definition) is 0. The van der Waals surface area contributed by atoms with Crippen LogP contribution >= 0.6 is 0 Å². The fourth-order valence-electron chi connectivity index (χ4n) is 2.11. The monoisotopic (exact) mass is 270 g/mol. The van der Waals surface area contributed by atoms with Crippen molar-refractivity contribution in [2.45, 2.75) is 26.3 Å². The predicted molar refractivity (Wildman–Crippen MR) is 79.8 cm³/mol. The molecule has 0 aliphatic heterocycles. The van der Waals surface area contributed by atoms with Crippen molar-refractivity contribution in [3.63, 3.8) is 0 Å². The number of aryl methyl sites for hydroxylation is 1. The number of nitro groups is 1. The van der Waals surface area contributed by atoms with Gasteiger partial charge in [-0.05, 0) is 23.6 Å². The van der Waals surface area contributed by atoms with E-state index in [1.54, 1.807) is 6.08 Å². The summed E-state index contributed by atoms with van der Waals surface area (Å²) in [5.74, 6) is 0. The molecule has 0 radical (unpaired) electrons. The highest BCUT2D eigenvalue weighted by molar-refractivity contribution is 5.51. The van der Waals surface area contributed by atoms with E-state index in [0.29, 0.717) is 6.42 Å². The molecule has 1 heterocycles. The average molecular weight is 270 g/mol. The van der Waals surface area contributed by atoms with Crippen LogP contribution in [0, 0.1) is 10.1 Å². The molecule has 0 saturated carbocycles. The van der Waals surface area contributed by atoms with Crippen LogP contribution in [0.4, 0.5) is 0 Å². The Hall–Kier alpha value is -2.36. The molecule has 2 aromatic rings. The maximum absolute atomic E-state index is 11.2. The van der Waals surface area contributed by atoms with Crippen molar-refractivity contribution in [1.29, 1.82) is 0 Å². The van der Waals surface area contributed by atoms with Gasteiger partial charge in [0.25, 0.3) is 5.70 Å². The SMILES string of the molecule is CCCn1ccc(C=C(Cc2ccccc2)[N+](=O)[O-])c1. The molecule has 0 amide bonds. The van der Waals surface area contributed by atoms with Crippen molar-refractivity contribution in [3.05, 3.63) is 75.7 Å². The molecule has 1 aromatic carbocycles. The van der Waals surface area contributed by atoms with Crippen LogP contribution in [0.2, 0.25) is 0 Å². The van der Waals surface area contributed by atoms with E-state index in [9.17, 15) is 10.1 Å². The summed E-state index contributed by atoms with van der Waals surface area (Å²) >= 11 is 0. The Bertz CT molecular complexity index is 600. The lowest BCUT2D eigenvalue weighted by molar-refractivity contribution is -0.425. The molecule has 0 N–H and O–H groups in total. The Balaban J connectivity index is 2.19. The fourth-order valence-corrected chi connectivity index (χ4v) is 2.11. The Morgan fingerprint density at radius 2 is 2.05 bits per heavy atom. The van der Waals surface area contributed by atoms with Gasteiger partial charge >= 0.3 is 0 Å². The van der Waals surface area contributed by atoms with E-state index in [1.165, 1.54) is 0 Å². The Kier molecular flexibility index (Phi) is 4.71. The van der Waals surface area contributed by atoms with E-state index >= 15 is 0 Å². The molecule has 2 rings (SSSR count). The van der Waals surface area contributed by atoms with Crippen molar-refractivity contribution >= 4 is 6.08 Å². The molecule has 0 unspecified atom stereocenters. The van der Waals surface area contributed by atoms with Gasteiger partial charge in [0, 0.05) is 25.0 Å². The molecular formula is C16H18N2O2. The molecule has 0 bridgehead atoms. The van der Waals surface area contributed by atoms with Crippen molar-refractivity contribution < 1.29 is 4.92 Å². The number of hydrogen-bond acceptors (Lipinski definition) is 2. The zero-order valence-electron chi connectivity index (χ0n) is 11.5. The van der Waals surface area contributed by atoms with Crippen molar-refractivity contribution in [2.75, 3.05) is 0 Å². The Morgan fingerprint density at radius 3 is 2.70 bits per heavy atom. The first-order valence-electron chi connectivity index (χ1n) is 6.73.